The number of carbonyl (C=O) groups is 5. The second-order valence-corrected chi connectivity index (χ2v) is 11.4. The van der Waals surface area contributed by atoms with Gasteiger partial charge in [-0.05, 0) is 36.6 Å². The van der Waals surface area contributed by atoms with Gasteiger partial charge in [0.05, 0.1) is 6.61 Å². The number of esters is 1. The highest BCUT2D eigenvalue weighted by molar-refractivity contribution is 8.13. The molecule has 232 valence electrons. The summed E-state index contributed by atoms with van der Waals surface area (Å²) >= 11 is 1.03. The molecule has 0 aliphatic heterocycles. The molecule has 2 aromatic rings. The maximum atomic E-state index is 12.3. The van der Waals surface area contributed by atoms with Gasteiger partial charge < -0.3 is 46.7 Å². The lowest BCUT2D eigenvalue weighted by Crippen LogP contribution is -2.47. The molecule has 0 bridgehead atoms. The number of nitrogens with two attached hydrogens (primary N) is 1. The third kappa shape index (κ3) is 11.6. The fourth-order valence-electron chi connectivity index (χ4n) is 3.71. The monoisotopic (exact) mass is 609 g/mol. The van der Waals surface area contributed by atoms with E-state index >= 15 is 0 Å². The molecular weight excluding hydrogens is 570 g/mol. The number of amides is 3. The number of aromatic amines is 1. The molecule has 0 aliphatic carbocycles. The number of aliphatic hydroxyl groups is 1. The van der Waals surface area contributed by atoms with Crippen molar-refractivity contribution < 1.29 is 44.0 Å². The zero-order chi connectivity index (χ0) is 31.3. The number of aliphatic carboxylic acids is 1. The van der Waals surface area contributed by atoms with Crippen molar-refractivity contribution in [2.24, 2.45) is 11.1 Å². The normalized spacial score (nSPS) is 12.8. The van der Waals surface area contributed by atoms with Gasteiger partial charge in [0.2, 0.25) is 11.8 Å². The van der Waals surface area contributed by atoms with Gasteiger partial charge >= 0.3 is 11.9 Å². The van der Waals surface area contributed by atoms with Crippen LogP contribution in [0.4, 0.5) is 4.79 Å². The van der Waals surface area contributed by atoms with E-state index in [4.69, 9.17) is 15.6 Å². The van der Waals surface area contributed by atoms with Gasteiger partial charge in [0, 0.05) is 60.7 Å². The molecule has 2 rings (SSSR count). The van der Waals surface area contributed by atoms with Crippen molar-refractivity contribution in [2.45, 2.75) is 51.7 Å². The van der Waals surface area contributed by atoms with E-state index in [-0.39, 0.29) is 55.9 Å². The molecule has 0 saturated heterocycles. The Bertz CT molecular complexity index is 1250. The number of ether oxygens (including phenoxy) is 1. The van der Waals surface area contributed by atoms with Crippen LogP contribution in [0.1, 0.15) is 38.7 Å². The zero-order valence-corrected chi connectivity index (χ0v) is 24.4. The van der Waals surface area contributed by atoms with E-state index in [1.54, 1.807) is 18.2 Å². The summed E-state index contributed by atoms with van der Waals surface area (Å²) in [5, 5.41) is 37.3. The molecule has 42 heavy (non-hydrogen) atoms. The number of aromatic hydroxyl groups is 1. The zero-order valence-electron chi connectivity index (χ0n) is 23.6. The van der Waals surface area contributed by atoms with Crippen LogP contribution in [0.15, 0.2) is 24.4 Å². The highest BCUT2D eigenvalue weighted by Crippen LogP contribution is 2.23. The van der Waals surface area contributed by atoms with E-state index in [2.05, 4.69) is 20.9 Å². The predicted octanol–water partition coefficient (Wildman–Crippen LogP) is 0.604. The van der Waals surface area contributed by atoms with Gasteiger partial charge in [-0.2, -0.15) is 0 Å². The van der Waals surface area contributed by atoms with Crippen LogP contribution in [-0.4, -0.2) is 93.4 Å². The van der Waals surface area contributed by atoms with E-state index in [1.165, 1.54) is 13.8 Å². The number of H-pyrrole nitrogens is 1. The quantitative estimate of drug-likeness (QED) is 0.0914. The molecule has 14 nitrogen and oxygen atoms in total. The van der Waals surface area contributed by atoms with Crippen molar-refractivity contribution in [2.75, 3.05) is 32.0 Å². The summed E-state index contributed by atoms with van der Waals surface area (Å²) < 4.78 is 5.05. The van der Waals surface area contributed by atoms with Crippen LogP contribution < -0.4 is 21.7 Å². The summed E-state index contributed by atoms with van der Waals surface area (Å²) in [5.41, 5.74) is 6.07. The van der Waals surface area contributed by atoms with Crippen molar-refractivity contribution in [3.05, 3.63) is 30.0 Å². The number of nitrogens with one attached hydrogen (secondary N) is 4. The molecule has 0 unspecified atom stereocenters. The molecule has 2 atom stereocenters. The Hall–Kier alpha value is -3.82. The molecule has 0 fully saturated rings. The fourth-order valence-corrected chi connectivity index (χ4v) is 4.30. The summed E-state index contributed by atoms with van der Waals surface area (Å²) in [5.74, 6) is -2.51. The standard InChI is InChI=1S/C27H39N5O9S/c1-27(2,15-41-22(35)6-4-19(28)25(38)39)23(36)24(37)30-10-8-21(34)29-11-12-42-26(40)31-9-7-16-14-32-20-5-3-17(33)13-18(16)20/h3,5,13-14,19,23,32-33,36H,4,6-12,15,28H2,1-2H3,(H,29,34)(H,30,37)(H,31,40)(H,38,39)/t19-,23-/m0/s1. The summed E-state index contributed by atoms with van der Waals surface area (Å²) in [6.07, 6.45) is 0.515. The Kier molecular flexibility index (Phi) is 13.6. The molecule has 1 aromatic carbocycles. The number of carbonyl (C=O) groups excluding carboxylic acids is 4. The third-order valence-corrected chi connectivity index (χ3v) is 7.11. The number of carboxylic acid groups (broad SMARTS) is 1. The van der Waals surface area contributed by atoms with Crippen LogP contribution >= 0.6 is 11.8 Å². The van der Waals surface area contributed by atoms with Gasteiger partial charge in [0.1, 0.15) is 17.9 Å². The fraction of sp³-hybridized carbons (Fsp3) is 0.519. The average molecular weight is 610 g/mol. The summed E-state index contributed by atoms with van der Waals surface area (Å²) in [4.78, 5) is 62.0. The molecular formula is C27H39N5O9S. The van der Waals surface area contributed by atoms with E-state index in [9.17, 15) is 34.2 Å². The second kappa shape index (κ2) is 16.6. The highest BCUT2D eigenvalue weighted by atomic mass is 32.2. The van der Waals surface area contributed by atoms with Gasteiger partial charge in [0.15, 0.2) is 0 Å². The number of fused-ring (bicyclic) bond motifs is 1. The van der Waals surface area contributed by atoms with Crippen molar-refractivity contribution in [1.82, 2.24) is 20.9 Å². The van der Waals surface area contributed by atoms with E-state index in [0.717, 1.165) is 28.2 Å². The SMILES string of the molecule is CC(C)(COC(=O)CC[C@H](N)C(=O)O)[C@@H](O)C(=O)NCCC(=O)NCCSC(=O)NCCc1c[nH]c2ccc(O)cc12. The predicted molar refractivity (Wildman–Crippen MR) is 156 cm³/mol. The van der Waals surface area contributed by atoms with Gasteiger partial charge in [-0.1, -0.05) is 25.6 Å². The number of hydrogen-bond acceptors (Lipinski definition) is 10. The van der Waals surface area contributed by atoms with Crippen LogP contribution in [-0.2, 0) is 30.3 Å². The largest absolute Gasteiger partial charge is 0.508 e. The first kappa shape index (κ1) is 34.4. The maximum absolute atomic E-state index is 12.3. The lowest BCUT2D eigenvalue weighted by atomic mass is 9.87. The topological polar surface area (TPSA) is 233 Å². The number of benzene rings is 1. The summed E-state index contributed by atoms with van der Waals surface area (Å²) in [7, 11) is 0. The second-order valence-electron chi connectivity index (χ2n) is 10.3. The van der Waals surface area contributed by atoms with Crippen molar-refractivity contribution in [3.63, 3.8) is 0 Å². The van der Waals surface area contributed by atoms with Crippen LogP contribution in [0, 0.1) is 5.41 Å². The van der Waals surface area contributed by atoms with Gasteiger partial charge in [-0.15, -0.1) is 0 Å². The lowest BCUT2D eigenvalue weighted by molar-refractivity contribution is -0.153. The molecule has 1 heterocycles. The maximum Gasteiger partial charge on any atom is 0.320 e. The first-order chi connectivity index (χ1) is 19.8. The molecule has 0 saturated carbocycles. The number of aliphatic hydroxyl groups excluding tert-OH is 1. The molecule has 9 N–H and O–H groups in total. The van der Waals surface area contributed by atoms with Crippen LogP contribution in [0.3, 0.4) is 0 Å². The van der Waals surface area contributed by atoms with Crippen molar-refractivity contribution >= 4 is 51.7 Å². The van der Waals surface area contributed by atoms with E-state index in [1.807, 2.05) is 6.20 Å². The third-order valence-electron chi connectivity index (χ3n) is 6.29. The number of carboxylic acids is 1. The van der Waals surface area contributed by atoms with Gasteiger partial charge in [-0.25, -0.2) is 0 Å². The van der Waals surface area contributed by atoms with E-state index < -0.39 is 35.4 Å². The van der Waals surface area contributed by atoms with Crippen molar-refractivity contribution in [3.8, 4) is 5.75 Å². The smallest absolute Gasteiger partial charge is 0.320 e. The number of phenolic OH excluding ortho intramolecular Hbond substituents is 1. The molecule has 1 aromatic heterocycles. The lowest BCUT2D eigenvalue weighted by Gasteiger charge is -2.29. The summed E-state index contributed by atoms with van der Waals surface area (Å²) in [6.45, 7) is 3.36. The highest BCUT2D eigenvalue weighted by Gasteiger charge is 2.35. The first-order valence-corrected chi connectivity index (χ1v) is 14.3. The Balaban J connectivity index is 1.56. The van der Waals surface area contributed by atoms with Gasteiger partial charge in [0.25, 0.3) is 5.24 Å². The van der Waals surface area contributed by atoms with Crippen LogP contribution in [0.25, 0.3) is 10.9 Å². The van der Waals surface area contributed by atoms with Crippen LogP contribution in [0.5, 0.6) is 5.75 Å². The number of phenols is 1. The minimum atomic E-state index is -1.53. The molecule has 3 amide bonds. The molecule has 15 heteroatoms. The molecule has 0 radical (unpaired) electrons. The molecule has 0 aliphatic rings. The number of aromatic nitrogens is 1. The summed E-state index contributed by atoms with van der Waals surface area (Å²) in [6, 6.07) is 3.86. The Labute approximate surface area is 247 Å². The number of hydrogen-bond donors (Lipinski definition) is 8. The van der Waals surface area contributed by atoms with Gasteiger partial charge in [-0.3, -0.25) is 24.0 Å². The van der Waals surface area contributed by atoms with E-state index in [0.29, 0.717) is 18.7 Å². The van der Waals surface area contributed by atoms with Crippen LogP contribution in [0.2, 0.25) is 0 Å². The Morgan fingerprint density at radius 1 is 1.07 bits per heavy atom. The average Bonchev–Trinajstić information content (AvgIpc) is 3.34. The number of rotatable bonds is 17. The number of thioether (sulfide) groups is 1. The Morgan fingerprint density at radius 2 is 1.81 bits per heavy atom. The van der Waals surface area contributed by atoms with Crippen molar-refractivity contribution in [1.29, 1.82) is 0 Å². The first-order valence-electron chi connectivity index (χ1n) is 13.4. The molecule has 0 spiro atoms. The Morgan fingerprint density at radius 3 is 2.52 bits per heavy atom. The minimum absolute atomic E-state index is 0.0378. The minimum Gasteiger partial charge on any atom is -0.508 e.